The Kier molecular flexibility index (Phi) is 0.977. The molecule has 0 atom stereocenters. The van der Waals surface area contributed by atoms with E-state index in [9.17, 15) is 4.79 Å². The number of H-pyrrole nitrogens is 1. The van der Waals surface area contributed by atoms with Crippen LogP contribution in [0, 0.1) is 0 Å². The smallest absolute Gasteiger partial charge is 0.293 e. The molecule has 4 nitrogen and oxygen atoms in total. The molecule has 0 bridgehead atoms. The molecule has 1 aromatic heterocycles. The molecule has 10 heavy (non-hydrogen) atoms. The summed E-state index contributed by atoms with van der Waals surface area (Å²) < 4.78 is 1.34. The number of hydrogen-bond donors (Lipinski definition) is 1. The first-order valence-electron chi connectivity index (χ1n) is 3.40. The highest BCUT2D eigenvalue weighted by molar-refractivity contribution is 5.02. The Labute approximate surface area is 57.9 Å². The molecule has 0 radical (unpaired) electrons. The van der Waals surface area contributed by atoms with Crippen LogP contribution < -0.4 is 5.69 Å². The van der Waals surface area contributed by atoms with Crippen molar-refractivity contribution in [3.05, 3.63) is 16.3 Å². The van der Waals surface area contributed by atoms with E-state index in [1.165, 1.54) is 17.5 Å². The average molecular weight is 139 g/mol. The topological polar surface area (TPSA) is 50.7 Å². The summed E-state index contributed by atoms with van der Waals surface area (Å²) in [4.78, 5) is 13.5. The average Bonchev–Trinajstić information content (AvgIpc) is 2.64. The van der Waals surface area contributed by atoms with Gasteiger partial charge in [0.05, 0.1) is 0 Å². The fourth-order valence-electron chi connectivity index (χ4n) is 0.963. The molecule has 0 aliphatic heterocycles. The van der Waals surface area contributed by atoms with E-state index in [2.05, 4.69) is 10.1 Å². The van der Waals surface area contributed by atoms with Crippen molar-refractivity contribution in [1.82, 2.24) is 14.8 Å². The summed E-state index contributed by atoms with van der Waals surface area (Å²) in [5.74, 6) is 1.39. The van der Waals surface area contributed by atoms with Gasteiger partial charge in [-0.3, -0.25) is 4.98 Å². The van der Waals surface area contributed by atoms with Gasteiger partial charge in [-0.15, -0.1) is 0 Å². The number of rotatable bonds is 1. The number of aromatic nitrogens is 3. The highest BCUT2D eigenvalue weighted by Gasteiger charge is 2.27. The van der Waals surface area contributed by atoms with Gasteiger partial charge in [-0.2, -0.15) is 5.10 Å². The molecule has 54 valence electrons. The predicted molar refractivity (Wildman–Crippen MR) is 35.8 cm³/mol. The van der Waals surface area contributed by atoms with Crippen LogP contribution in [0.4, 0.5) is 0 Å². The Morgan fingerprint density at radius 3 is 2.80 bits per heavy atom. The van der Waals surface area contributed by atoms with Crippen molar-refractivity contribution in [3.63, 3.8) is 0 Å². The second kappa shape index (κ2) is 1.71. The van der Waals surface area contributed by atoms with Crippen LogP contribution in [-0.4, -0.2) is 14.8 Å². The van der Waals surface area contributed by atoms with Crippen LogP contribution in [0.2, 0.25) is 0 Å². The second-order valence-electron chi connectivity index (χ2n) is 2.71. The Hall–Kier alpha value is -1.06. The van der Waals surface area contributed by atoms with E-state index in [-0.39, 0.29) is 5.69 Å². The van der Waals surface area contributed by atoms with Gasteiger partial charge < -0.3 is 0 Å². The van der Waals surface area contributed by atoms with Crippen molar-refractivity contribution in [2.45, 2.75) is 18.8 Å². The molecular formula is C6H9N3O. The van der Waals surface area contributed by atoms with Crippen LogP contribution in [0.5, 0.6) is 0 Å². The fourth-order valence-corrected chi connectivity index (χ4v) is 0.963. The third-order valence-electron chi connectivity index (χ3n) is 1.75. The van der Waals surface area contributed by atoms with Crippen LogP contribution in [0.15, 0.2) is 4.79 Å². The molecule has 0 unspecified atom stereocenters. The summed E-state index contributed by atoms with van der Waals surface area (Å²) in [6, 6.07) is 0. The quantitative estimate of drug-likeness (QED) is 0.594. The minimum atomic E-state index is -0.109. The molecule has 0 saturated heterocycles. The normalized spacial score (nSPS) is 17.7. The molecule has 1 fully saturated rings. The molecule has 2 rings (SSSR count). The van der Waals surface area contributed by atoms with Crippen molar-refractivity contribution in [1.29, 1.82) is 0 Å². The van der Waals surface area contributed by atoms with E-state index in [0.717, 1.165) is 5.82 Å². The summed E-state index contributed by atoms with van der Waals surface area (Å²) in [5, 5.41) is 4.02. The lowest BCUT2D eigenvalue weighted by Crippen LogP contribution is -2.13. The largest absolute Gasteiger partial charge is 0.343 e. The number of nitrogens with zero attached hydrogens (tertiary/aromatic N) is 2. The summed E-state index contributed by atoms with van der Waals surface area (Å²) in [6.45, 7) is 0. The molecule has 1 heterocycles. The highest BCUT2D eigenvalue weighted by Crippen LogP contribution is 2.37. The van der Waals surface area contributed by atoms with Gasteiger partial charge in [0, 0.05) is 13.0 Å². The Bertz CT molecular complexity index is 294. The number of hydrogen-bond acceptors (Lipinski definition) is 2. The zero-order valence-corrected chi connectivity index (χ0v) is 5.79. The summed E-state index contributed by atoms with van der Waals surface area (Å²) in [5.41, 5.74) is -0.109. The first-order chi connectivity index (χ1) is 4.77. The molecule has 0 spiro atoms. The van der Waals surface area contributed by atoms with Crippen molar-refractivity contribution in [2.24, 2.45) is 7.05 Å². The van der Waals surface area contributed by atoms with Crippen molar-refractivity contribution < 1.29 is 0 Å². The molecule has 0 aromatic carbocycles. The standard InChI is InChI=1S/C6H9N3O/c1-9-6(10)7-5(8-9)4-2-3-4/h4H,2-3H2,1H3,(H,7,8,10). The van der Waals surface area contributed by atoms with Gasteiger partial charge in [0.15, 0.2) is 0 Å². The molecule has 1 saturated carbocycles. The van der Waals surface area contributed by atoms with Gasteiger partial charge in [0.1, 0.15) is 5.82 Å². The molecule has 1 aliphatic rings. The van der Waals surface area contributed by atoms with Crippen molar-refractivity contribution in [3.8, 4) is 0 Å². The van der Waals surface area contributed by atoms with E-state index in [0.29, 0.717) is 5.92 Å². The molecule has 0 amide bonds. The Morgan fingerprint density at radius 1 is 1.70 bits per heavy atom. The monoisotopic (exact) mass is 139 g/mol. The van der Waals surface area contributed by atoms with E-state index in [4.69, 9.17) is 0 Å². The minimum absolute atomic E-state index is 0.109. The minimum Gasteiger partial charge on any atom is -0.293 e. The summed E-state index contributed by atoms with van der Waals surface area (Å²) >= 11 is 0. The van der Waals surface area contributed by atoms with E-state index in [1.54, 1.807) is 7.05 Å². The second-order valence-corrected chi connectivity index (χ2v) is 2.71. The van der Waals surface area contributed by atoms with Crippen LogP contribution >= 0.6 is 0 Å². The van der Waals surface area contributed by atoms with Crippen molar-refractivity contribution in [2.75, 3.05) is 0 Å². The fraction of sp³-hybridized carbons (Fsp3) is 0.667. The maximum Gasteiger partial charge on any atom is 0.343 e. The number of aromatic amines is 1. The molecular weight excluding hydrogens is 130 g/mol. The molecule has 4 heteroatoms. The van der Waals surface area contributed by atoms with E-state index >= 15 is 0 Å². The summed E-state index contributed by atoms with van der Waals surface area (Å²) in [7, 11) is 1.66. The van der Waals surface area contributed by atoms with Gasteiger partial charge in [0.2, 0.25) is 0 Å². The lowest BCUT2D eigenvalue weighted by Gasteiger charge is -1.83. The van der Waals surface area contributed by atoms with Crippen LogP contribution in [0.3, 0.4) is 0 Å². The third kappa shape index (κ3) is 0.761. The van der Waals surface area contributed by atoms with Gasteiger partial charge in [-0.1, -0.05) is 0 Å². The maximum atomic E-state index is 10.8. The van der Waals surface area contributed by atoms with Crippen LogP contribution in [0.25, 0.3) is 0 Å². The zero-order chi connectivity index (χ0) is 7.14. The summed E-state index contributed by atoms with van der Waals surface area (Å²) in [6.07, 6.45) is 2.35. The molecule has 1 aliphatic carbocycles. The van der Waals surface area contributed by atoms with E-state index in [1.807, 2.05) is 0 Å². The SMILES string of the molecule is Cn1nc(C2CC2)[nH]c1=O. The molecule has 1 N–H and O–H groups in total. The van der Waals surface area contributed by atoms with Gasteiger partial charge in [-0.25, -0.2) is 9.48 Å². The lowest BCUT2D eigenvalue weighted by molar-refractivity contribution is 0.720. The maximum absolute atomic E-state index is 10.8. The Morgan fingerprint density at radius 2 is 2.40 bits per heavy atom. The first kappa shape index (κ1) is 5.70. The van der Waals surface area contributed by atoms with E-state index < -0.39 is 0 Å². The van der Waals surface area contributed by atoms with Gasteiger partial charge in [0.25, 0.3) is 0 Å². The number of aryl methyl sites for hydroxylation is 1. The predicted octanol–water partition coefficient (Wildman–Crippen LogP) is -0.0142. The third-order valence-corrected chi connectivity index (χ3v) is 1.75. The highest BCUT2D eigenvalue weighted by atomic mass is 16.1. The van der Waals surface area contributed by atoms with Gasteiger partial charge >= 0.3 is 5.69 Å². The molecule has 1 aromatic rings. The van der Waals surface area contributed by atoms with Gasteiger partial charge in [-0.05, 0) is 12.8 Å². The van der Waals surface area contributed by atoms with Crippen LogP contribution in [-0.2, 0) is 7.05 Å². The lowest BCUT2D eigenvalue weighted by atomic mass is 10.4. The first-order valence-corrected chi connectivity index (χ1v) is 3.40. The Balaban J connectivity index is 2.43. The van der Waals surface area contributed by atoms with Crippen molar-refractivity contribution >= 4 is 0 Å². The zero-order valence-electron chi connectivity index (χ0n) is 5.79. The number of nitrogens with one attached hydrogen (secondary N) is 1. The van der Waals surface area contributed by atoms with Crippen LogP contribution in [0.1, 0.15) is 24.6 Å².